The number of anilines is 1. The van der Waals surface area contributed by atoms with Gasteiger partial charge in [0.2, 0.25) is 0 Å². The van der Waals surface area contributed by atoms with Crippen molar-refractivity contribution in [2.45, 2.75) is 0 Å². The minimum absolute atomic E-state index is 0.0538. The van der Waals surface area contributed by atoms with Gasteiger partial charge in [-0.15, -0.1) is 0 Å². The van der Waals surface area contributed by atoms with Crippen molar-refractivity contribution < 1.29 is 14.1 Å². The molecule has 0 aromatic heterocycles. The van der Waals surface area contributed by atoms with E-state index in [0.717, 1.165) is 13.1 Å². The predicted octanol–water partition coefficient (Wildman–Crippen LogP) is 2.94. The lowest BCUT2D eigenvalue weighted by atomic mass is 10.1. The van der Waals surface area contributed by atoms with Gasteiger partial charge in [0.15, 0.2) is 0 Å². The number of nitrogens with zero attached hydrogens (tertiary/aromatic N) is 3. The van der Waals surface area contributed by atoms with Gasteiger partial charge in [0.05, 0.1) is 10.6 Å². The molecule has 0 saturated carbocycles. The first-order chi connectivity index (χ1) is 13.5. The van der Waals surface area contributed by atoms with Crippen LogP contribution in [-0.2, 0) is 0 Å². The van der Waals surface area contributed by atoms with Crippen LogP contribution in [-0.4, -0.2) is 55.0 Å². The number of para-hydroxylation sites is 1. The number of nitro benzene ring substituents is 1. The summed E-state index contributed by atoms with van der Waals surface area (Å²) >= 11 is 5.85. The Morgan fingerprint density at radius 2 is 1.89 bits per heavy atom. The van der Waals surface area contributed by atoms with Crippen LogP contribution in [0.3, 0.4) is 0 Å². The molecule has 1 heterocycles. The van der Waals surface area contributed by atoms with Crippen molar-refractivity contribution >= 4 is 28.9 Å². The highest BCUT2D eigenvalue weighted by atomic mass is 35.5. The fraction of sp³-hybridized carbons (Fsp3) is 0.316. The molecule has 28 heavy (non-hydrogen) atoms. The third-order valence-corrected chi connectivity index (χ3v) is 4.91. The molecule has 0 atom stereocenters. The standard InChI is InChI=1S/C19H20ClFN4O3/c20-14-5-6-17(25(27)28)15(13-14)19(26)22-7-8-23-9-11-24(12-10-23)18-4-2-1-3-16(18)21/h1-6,13H,7-12H2,(H,22,26). The second-order valence-corrected chi connectivity index (χ2v) is 6.89. The van der Waals surface area contributed by atoms with E-state index in [1.807, 2.05) is 11.0 Å². The van der Waals surface area contributed by atoms with Crippen LogP contribution >= 0.6 is 11.6 Å². The molecular formula is C19H20ClFN4O3. The van der Waals surface area contributed by atoms with Gasteiger partial charge in [-0.25, -0.2) is 4.39 Å². The van der Waals surface area contributed by atoms with Crippen molar-refractivity contribution in [2.24, 2.45) is 0 Å². The SMILES string of the molecule is O=C(NCCN1CCN(c2ccccc2F)CC1)c1cc(Cl)ccc1[N+](=O)[O-]. The van der Waals surface area contributed by atoms with Crippen molar-refractivity contribution in [1.82, 2.24) is 10.2 Å². The van der Waals surface area contributed by atoms with Gasteiger partial charge in [0.25, 0.3) is 11.6 Å². The summed E-state index contributed by atoms with van der Waals surface area (Å²) in [6.45, 7) is 3.81. The second-order valence-electron chi connectivity index (χ2n) is 6.45. The van der Waals surface area contributed by atoms with Crippen molar-refractivity contribution in [3.05, 3.63) is 69.0 Å². The van der Waals surface area contributed by atoms with Crippen LogP contribution in [0.1, 0.15) is 10.4 Å². The van der Waals surface area contributed by atoms with E-state index >= 15 is 0 Å². The van der Waals surface area contributed by atoms with Gasteiger partial charge < -0.3 is 10.2 Å². The van der Waals surface area contributed by atoms with Gasteiger partial charge in [-0.3, -0.25) is 19.8 Å². The number of benzene rings is 2. The summed E-state index contributed by atoms with van der Waals surface area (Å²) in [6.07, 6.45) is 0. The van der Waals surface area contributed by atoms with Crippen LogP contribution in [0.25, 0.3) is 0 Å². The molecule has 148 valence electrons. The molecule has 9 heteroatoms. The summed E-state index contributed by atoms with van der Waals surface area (Å²) in [6, 6.07) is 10.6. The summed E-state index contributed by atoms with van der Waals surface area (Å²) in [4.78, 5) is 26.9. The fourth-order valence-corrected chi connectivity index (χ4v) is 3.36. The molecule has 1 fully saturated rings. The van der Waals surface area contributed by atoms with Gasteiger partial charge in [0.1, 0.15) is 11.4 Å². The number of carbonyl (C=O) groups excluding carboxylic acids is 1. The minimum Gasteiger partial charge on any atom is -0.367 e. The van der Waals surface area contributed by atoms with Crippen LogP contribution in [0, 0.1) is 15.9 Å². The Balaban J connectivity index is 1.49. The first-order valence-corrected chi connectivity index (χ1v) is 9.27. The predicted molar refractivity (Wildman–Crippen MR) is 105 cm³/mol. The van der Waals surface area contributed by atoms with Gasteiger partial charge in [-0.05, 0) is 24.3 Å². The minimum atomic E-state index is -0.604. The highest BCUT2D eigenvalue weighted by Gasteiger charge is 2.22. The smallest absolute Gasteiger partial charge is 0.282 e. The number of nitro groups is 1. The molecule has 1 saturated heterocycles. The topological polar surface area (TPSA) is 78.7 Å². The molecule has 2 aromatic rings. The third-order valence-electron chi connectivity index (χ3n) is 4.68. The maximum atomic E-state index is 13.9. The van der Waals surface area contributed by atoms with Gasteiger partial charge in [-0.1, -0.05) is 23.7 Å². The molecule has 2 aromatic carbocycles. The molecule has 1 amide bonds. The average Bonchev–Trinajstić information content (AvgIpc) is 2.68. The molecule has 0 unspecified atom stereocenters. The van der Waals surface area contributed by atoms with Gasteiger partial charge in [-0.2, -0.15) is 0 Å². The van der Waals surface area contributed by atoms with Gasteiger partial charge in [0, 0.05) is 50.4 Å². The Bertz CT molecular complexity index is 872. The van der Waals surface area contributed by atoms with E-state index in [2.05, 4.69) is 10.2 Å². The number of piperazine rings is 1. The zero-order valence-electron chi connectivity index (χ0n) is 15.1. The summed E-state index contributed by atoms with van der Waals surface area (Å²) in [5.41, 5.74) is 0.269. The van der Waals surface area contributed by atoms with E-state index in [9.17, 15) is 19.3 Å². The highest BCUT2D eigenvalue weighted by molar-refractivity contribution is 6.31. The second kappa shape index (κ2) is 8.99. The monoisotopic (exact) mass is 406 g/mol. The Labute approximate surface area is 166 Å². The molecule has 1 aliphatic heterocycles. The normalized spacial score (nSPS) is 14.7. The number of halogens is 2. The van der Waals surface area contributed by atoms with Gasteiger partial charge >= 0.3 is 0 Å². The first kappa shape index (κ1) is 20.0. The Kier molecular flexibility index (Phi) is 6.43. The van der Waals surface area contributed by atoms with Crippen molar-refractivity contribution in [3.8, 4) is 0 Å². The zero-order valence-corrected chi connectivity index (χ0v) is 15.9. The summed E-state index contributed by atoms with van der Waals surface area (Å²) < 4.78 is 13.9. The maximum absolute atomic E-state index is 13.9. The lowest BCUT2D eigenvalue weighted by Gasteiger charge is -2.36. The molecule has 1 N–H and O–H groups in total. The molecular weight excluding hydrogens is 387 g/mol. The Morgan fingerprint density at radius 3 is 2.57 bits per heavy atom. The van der Waals surface area contributed by atoms with Crippen LogP contribution < -0.4 is 10.2 Å². The van der Waals surface area contributed by atoms with Crippen LogP contribution in [0.2, 0.25) is 5.02 Å². The van der Waals surface area contributed by atoms with E-state index in [4.69, 9.17) is 11.6 Å². The van der Waals surface area contributed by atoms with Crippen molar-refractivity contribution in [2.75, 3.05) is 44.2 Å². The van der Waals surface area contributed by atoms with Crippen molar-refractivity contribution in [3.63, 3.8) is 0 Å². The number of amides is 1. The van der Waals surface area contributed by atoms with E-state index in [-0.39, 0.29) is 22.1 Å². The molecule has 7 nitrogen and oxygen atoms in total. The third kappa shape index (κ3) is 4.76. The zero-order chi connectivity index (χ0) is 20.1. The lowest BCUT2D eigenvalue weighted by Crippen LogP contribution is -2.48. The van der Waals surface area contributed by atoms with Crippen molar-refractivity contribution in [1.29, 1.82) is 0 Å². The van der Waals surface area contributed by atoms with E-state index < -0.39 is 10.8 Å². The summed E-state index contributed by atoms with van der Waals surface area (Å²) in [5.74, 6) is -0.759. The fourth-order valence-electron chi connectivity index (χ4n) is 3.19. The molecule has 0 aliphatic carbocycles. The average molecular weight is 407 g/mol. The van der Waals surface area contributed by atoms with E-state index in [1.54, 1.807) is 12.1 Å². The lowest BCUT2D eigenvalue weighted by molar-refractivity contribution is -0.385. The molecule has 1 aliphatic rings. The number of hydrogen-bond donors (Lipinski definition) is 1. The van der Waals surface area contributed by atoms with Crippen LogP contribution in [0.15, 0.2) is 42.5 Å². The Hall–Kier alpha value is -2.71. The number of nitrogens with one attached hydrogen (secondary N) is 1. The van der Waals surface area contributed by atoms with E-state index in [1.165, 1.54) is 24.3 Å². The molecule has 0 spiro atoms. The molecule has 3 rings (SSSR count). The quantitative estimate of drug-likeness (QED) is 0.589. The van der Waals surface area contributed by atoms with E-state index in [0.29, 0.717) is 31.9 Å². The summed E-state index contributed by atoms with van der Waals surface area (Å²) in [7, 11) is 0. The maximum Gasteiger partial charge on any atom is 0.282 e. The molecule has 0 bridgehead atoms. The Morgan fingerprint density at radius 1 is 1.18 bits per heavy atom. The van der Waals surface area contributed by atoms with Crippen LogP contribution in [0.5, 0.6) is 0 Å². The largest absolute Gasteiger partial charge is 0.367 e. The number of hydrogen-bond acceptors (Lipinski definition) is 5. The first-order valence-electron chi connectivity index (χ1n) is 8.89. The number of rotatable bonds is 6. The molecule has 0 radical (unpaired) electrons. The van der Waals surface area contributed by atoms with Crippen LogP contribution in [0.4, 0.5) is 15.8 Å². The summed E-state index contributed by atoms with van der Waals surface area (Å²) in [5, 5.41) is 14.0. The highest BCUT2D eigenvalue weighted by Crippen LogP contribution is 2.23. The number of carbonyl (C=O) groups is 1.